The molecule has 0 aromatic carbocycles. The number of carbonyl (C=O) groups excluding carboxylic acids is 1. The van der Waals surface area contributed by atoms with Gasteiger partial charge in [-0.1, -0.05) is 0 Å². The van der Waals surface area contributed by atoms with Crippen LogP contribution in [0.1, 0.15) is 43.0 Å². The fourth-order valence-electron chi connectivity index (χ4n) is 2.69. The molecule has 110 valence electrons. The van der Waals surface area contributed by atoms with Crippen molar-refractivity contribution in [1.29, 1.82) is 0 Å². The highest BCUT2D eigenvalue weighted by atomic mass is 16.3. The molecule has 1 atom stereocenters. The summed E-state index contributed by atoms with van der Waals surface area (Å²) < 4.78 is 0. The number of aliphatic hydroxyl groups excluding tert-OH is 1. The first-order chi connectivity index (χ1) is 9.76. The third-order valence-electron chi connectivity index (χ3n) is 3.72. The van der Waals surface area contributed by atoms with Gasteiger partial charge in [-0.15, -0.1) is 0 Å². The number of hydrogen-bond acceptors (Lipinski definition) is 4. The molecule has 0 radical (unpaired) electrons. The van der Waals surface area contributed by atoms with Crippen LogP contribution in [0, 0.1) is 0 Å². The summed E-state index contributed by atoms with van der Waals surface area (Å²) in [6.45, 7) is 3.73. The maximum absolute atomic E-state index is 12.5. The molecule has 2 rings (SSSR count). The number of anilines is 1. The first-order valence-electron chi connectivity index (χ1n) is 7.38. The third-order valence-corrected chi connectivity index (χ3v) is 3.72. The van der Waals surface area contributed by atoms with Crippen LogP contribution < -0.4 is 5.32 Å². The summed E-state index contributed by atoms with van der Waals surface area (Å²) in [7, 11) is 0. The van der Waals surface area contributed by atoms with Crippen LogP contribution in [0.3, 0.4) is 0 Å². The molecule has 0 spiro atoms. The first kappa shape index (κ1) is 14.8. The first-order valence-corrected chi connectivity index (χ1v) is 7.38. The van der Waals surface area contributed by atoms with E-state index in [1.807, 2.05) is 24.0 Å². The highest BCUT2D eigenvalue weighted by molar-refractivity contribution is 5.94. The maximum Gasteiger partial charge on any atom is 0.255 e. The van der Waals surface area contributed by atoms with Crippen molar-refractivity contribution in [2.45, 2.75) is 38.6 Å². The summed E-state index contributed by atoms with van der Waals surface area (Å²) in [6, 6.07) is 3.81. The minimum Gasteiger partial charge on any atom is -0.396 e. The van der Waals surface area contributed by atoms with Crippen LogP contribution in [0.25, 0.3) is 0 Å². The lowest BCUT2D eigenvalue weighted by Gasteiger charge is -2.35. The number of rotatable bonds is 5. The number of nitrogens with one attached hydrogen (secondary N) is 1. The average molecular weight is 277 g/mol. The summed E-state index contributed by atoms with van der Waals surface area (Å²) in [6.07, 6.45) is 5.44. The van der Waals surface area contributed by atoms with Crippen molar-refractivity contribution in [3.8, 4) is 0 Å². The van der Waals surface area contributed by atoms with Crippen molar-refractivity contribution in [1.82, 2.24) is 9.88 Å². The molecule has 1 amide bonds. The van der Waals surface area contributed by atoms with Gasteiger partial charge in [-0.05, 0) is 44.7 Å². The third kappa shape index (κ3) is 3.48. The topological polar surface area (TPSA) is 65.5 Å². The lowest BCUT2D eigenvalue weighted by atomic mass is 9.98. The second kappa shape index (κ2) is 7.24. The predicted molar refractivity (Wildman–Crippen MR) is 78.8 cm³/mol. The lowest BCUT2D eigenvalue weighted by Crippen LogP contribution is -2.44. The fourth-order valence-corrected chi connectivity index (χ4v) is 2.69. The number of carbonyl (C=O) groups is 1. The van der Waals surface area contributed by atoms with Gasteiger partial charge in [-0.3, -0.25) is 4.79 Å². The van der Waals surface area contributed by atoms with Crippen LogP contribution >= 0.6 is 0 Å². The molecule has 0 saturated carbocycles. The molecule has 0 bridgehead atoms. The van der Waals surface area contributed by atoms with Gasteiger partial charge < -0.3 is 15.3 Å². The molecule has 1 unspecified atom stereocenters. The zero-order valence-corrected chi connectivity index (χ0v) is 12.0. The van der Waals surface area contributed by atoms with Crippen molar-refractivity contribution < 1.29 is 9.90 Å². The lowest BCUT2D eigenvalue weighted by molar-refractivity contribution is 0.0574. The van der Waals surface area contributed by atoms with Crippen LogP contribution in [0.15, 0.2) is 18.3 Å². The number of aliphatic hydroxyl groups is 1. The highest BCUT2D eigenvalue weighted by Crippen LogP contribution is 2.22. The predicted octanol–water partition coefficient (Wildman–Crippen LogP) is 1.89. The molecule has 1 saturated heterocycles. The molecule has 5 nitrogen and oxygen atoms in total. The quantitative estimate of drug-likeness (QED) is 0.862. The molecule has 1 aliphatic rings. The molecule has 0 aliphatic carbocycles. The number of aromatic nitrogens is 1. The Labute approximate surface area is 120 Å². The Morgan fingerprint density at radius 3 is 3.00 bits per heavy atom. The minimum atomic E-state index is 0.0266. The maximum atomic E-state index is 12.5. The second-order valence-electron chi connectivity index (χ2n) is 5.12. The van der Waals surface area contributed by atoms with Gasteiger partial charge in [0.1, 0.15) is 5.82 Å². The molecule has 20 heavy (non-hydrogen) atoms. The van der Waals surface area contributed by atoms with Gasteiger partial charge in [0.25, 0.3) is 5.91 Å². The van der Waals surface area contributed by atoms with E-state index in [-0.39, 0.29) is 18.6 Å². The molecule has 5 heteroatoms. The second-order valence-corrected chi connectivity index (χ2v) is 5.12. The van der Waals surface area contributed by atoms with Crippen molar-refractivity contribution in [3.63, 3.8) is 0 Å². The van der Waals surface area contributed by atoms with Gasteiger partial charge >= 0.3 is 0 Å². The number of amides is 1. The summed E-state index contributed by atoms with van der Waals surface area (Å²) in [5, 5.41) is 12.2. The van der Waals surface area contributed by atoms with Crippen LogP contribution in [0.4, 0.5) is 5.82 Å². The van der Waals surface area contributed by atoms with Gasteiger partial charge in [-0.2, -0.15) is 0 Å². The van der Waals surface area contributed by atoms with E-state index in [9.17, 15) is 4.79 Å². The number of likely N-dealkylation sites (tertiary alicyclic amines) is 1. The Bertz CT molecular complexity index is 431. The SMILES string of the molecule is CCNc1ccc(C(=O)N2CCCCC2CCO)cn1. The van der Waals surface area contributed by atoms with E-state index >= 15 is 0 Å². The average Bonchev–Trinajstić information content (AvgIpc) is 2.49. The molecule has 1 fully saturated rings. The number of hydrogen-bond donors (Lipinski definition) is 2. The molecule has 1 aromatic rings. The van der Waals surface area contributed by atoms with E-state index in [0.717, 1.165) is 38.2 Å². The van der Waals surface area contributed by atoms with Crippen LogP contribution in [0.5, 0.6) is 0 Å². The van der Waals surface area contributed by atoms with E-state index in [1.165, 1.54) is 0 Å². The standard InChI is InChI=1S/C15H23N3O2/c1-2-16-14-7-6-12(11-17-14)15(20)18-9-4-3-5-13(18)8-10-19/h6-7,11,13,19H,2-5,8-10H2,1H3,(H,16,17). The van der Waals surface area contributed by atoms with Gasteiger partial charge in [0, 0.05) is 31.9 Å². The Kier molecular flexibility index (Phi) is 5.35. The summed E-state index contributed by atoms with van der Waals surface area (Å²) in [5.41, 5.74) is 0.622. The zero-order valence-electron chi connectivity index (χ0n) is 12.0. The van der Waals surface area contributed by atoms with Gasteiger partial charge in [-0.25, -0.2) is 4.98 Å². The van der Waals surface area contributed by atoms with Crippen LogP contribution in [-0.4, -0.2) is 46.6 Å². The van der Waals surface area contributed by atoms with Crippen molar-refractivity contribution in [3.05, 3.63) is 23.9 Å². The summed E-state index contributed by atoms with van der Waals surface area (Å²) in [5.74, 6) is 0.813. The van der Waals surface area contributed by atoms with Crippen molar-refractivity contribution in [2.24, 2.45) is 0 Å². The van der Waals surface area contributed by atoms with E-state index in [0.29, 0.717) is 12.0 Å². The smallest absolute Gasteiger partial charge is 0.255 e. The van der Waals surface area contributed by atoms with E-state index in [1.54, 1.807) is 6.20 Å². The van der Waals surface area contributed by atoms with Crippen molar-refractivity contribution in [2.75, 3.05) is 25.0 Å². The monoisotopic (exact) mass is 277 g/mol. The molecule has 2 N–H and O–H groups in total. The minimum absolute atomic E-state index is 0.0266. The highest BCUT2D eigenvalue weighted by Gasteiger charge is 2.27. The summed E-state index contributed by atoms with van der Waals surface area (Å²) in [4.78, 5) is 18.7. The largest absolute Gasteiger partial charge is 0.396 e. The number of nitrogens with zero attached hydrogens (tertiary/aromatic N) is 2. The molecule has 1 aliphatic heterocycles. The molecular weight excluding hydrogens is 254 g/mol. The number of pyridine rings is 1. The van der Waals surface area contributed by atoms with E-state index in [2.05, 4.69) is 10.3 Å². The fraction of sp³-hybridized carbons (Fsp3) is 0.600. The normalized spacial score (nSPS) is 18.9. The molecular formula is C15H23N3O2. The Morgan fingerprint density at radius 2 is 2.35 bits per heavy atom. The summed E-state index contributed by atoms with van der Waals surface area (Å²) >= 11 is 0. The molecule has 2 heterocycles. The number of piperidine rings is 1. The van der Waals surface area contributed by atoms with Crippen molar-refractivity contribution >= 4 is 11.7 Å². The van der Waals surface area contributed by atoms with Gasteiger partial charge in [0.2, 0.25) is 0 Å². The Balaban J connectivity index is 2.08. The van der Waals surface area contributed by atoms with Gasteiger partial charge in [0.15, 0.2) is 0 Å². The van der Waals surface area contributed by atoms with E-state index in [4.69, 9.17) is 5.11 Å². The Hall–Kier alpha value is -1.62. The molecule has 1 aromatic heterocycles. The van der Waals surface area contributed by atoms with E-state index < -0.39 is 0 Å². The van der Waals surface area contributed by atoms with Crippen LogP contribution in [0.2, 0.25) is 0 Å². The van der Waals surface area contributed by atoms with Crippen LogP contribution in [-0.2, 0) is 0 Å². The van der Waals surface area contributed by atoms with Gasteiger partial charge in [0.05, 0.1) is 5.56 Å². The zero-order chi connectivity index (χ0) is 14.4. The Morgan fingerprint density at radius 1 is 1.50 bits per heavy atom.